The molecule has 1 atom stereocenters. The van der Waals surface area contributed by atoms with Crippen LogP contribution in [-0.2, 0) is 9.53 Å². The highest BCUT2D eigenvalue weighted by molar-refractivity contribution is 6.07. The SMILES string of the molecule is CCC(CC)C(C=C1OC(=O)NC1=O)c1ccc(-c2ccc3cccc(F)c3c2)[nH]c1=O. The molecule has 2 amide bonds. The van der Waals surface area contributed by atoms with E-state index in [0.29, 0.717) is 22.2 Å². The Bertz CT molecular complexity index is 1290. The number of allylic oxidation sites excluding steroid dienone is 1. The molecule has 1 unspecified atom stereocenters. The number of hydrogen-bond acceptors (Lipinski definition) is 4. The Labute approximate surface area is 184 Å². The Morgan fingerprint density at radius 1 is 1.03 bits per heavy atom. The van der Waals surface area contributed by atoms with Gasteiger partial charge >= 0.3 is 6.09 Å². The predicted octanol–water partition coefficient (Wildman–Crippen LogP) is 5.00. The minimum atomic E-state index is -0.822. The summed E-state index contributed by atoms with van der Waals surface area (Å²) < 4.78 is 19.2. The first-order chi connectivity index (χ1) is 15.4. The van der Waals surface area contributed by atoms with Gasteiger partial charge in [0.1, 0.15) is 5.82 Å². The Kier molecular flexibility index (Phi) is 5.90. The number of ether oxygens (including phenoxy) is 1. The van der Waals surface area contributed by atoms with Crippen molar-refractivity contribution in [3.63, 3.8) is 0 Å². The molecule has 6 nitrogen and oxygen atoms in total. The van der Waals surface area contributed by atoms with E-state index >= 15 is 0 Å². The summed E-state index contributed by atoms with van der Waals surface area (Å²) in [5, 5.41) is 3.33. The largest absolute Gasteiger partial charge is 0.419 e. The average Bonchev–Trinajstić information content (AvgIpc) is 3.10. The number of aromatic nitrogens is 1. The molecule has 2 heterocycles. The van der Waals surface area contributed by atoms with Crippen molar-refractivity contribution < 1.29 is 18.7 Å². The van der Waals surface area contributed by atoms with E-state index in [-0.39, 0.29) is 23.1 Å². The first-order valence-corrected chi connectivity index (χ1v) is 10.6. The van der Waals surface area contributed by atoms with E-state index < -0.39 is 17.9 Å². The number of carbonyl (C=O) groups excluding carboxylic acids is 2. The van der Waals surface area contributed by atoms with Crippen molar-refractivity contribution in [3.05, 3.63) is 82.1 Å². The molecule has 1 aliphatic rings. The highest BCUT2D eigenvalue weighted by atomic mass is 19.1. The highest BCUT2D eigenvalue weighted by Crippen LogP contribution is 2.32. The van der Waals surface area contributed by atoms with E-state index in [9.17, 15) is 18.8 Å². The summed E-state index contributed by atoms with van der Waals surface area (Å²) in [4.78, 5) is 39.3. The maximum Gasteiger partial charge on any atom is 0.419 e. The number of carbonyl (C=O) groups is 2. The van der Waals surface area contributed by atoms with Crippen molar-refractivity contribution in [1.29, 1.82) is 0 Å². The monoisotopic (exact) mass is 434 g/mol. The molecule has 7 heteroatoms. The maximum atomic E-state index is 14.2. The average molecular weight is 434 g/mol. The van der Waals surface area contributed by atoms with E-state index in [2.05, 4.69) is 10.3 Å². The molecule has 164 valence electrons. The van der Waals surface area contributed by atoms with Gasteiger partial charge in [-0.3, -0.25) is 14.9 Å². The van der Waals surface area contributed by atoms with Gasteiger partial charge in [0.05, 0.1) is 0 Å². The van der Waals surface area contributed by atoms with Gasteiger partial charge in [-0.05, 0) is 41.1 Å². The van der Waals surface area contributed by atoms with Crippen LogP contribution in [0.25, 0.3) is 22.0 Å². The molecular weight excluding hydrogens is 411 g/mol. The molecule has 1 saturated heterocycles. The molecule has 1 aliphatic heterocycles. The summed E-state index contributed by atoms with van der Waals surface area (Å²) in [7, 11) is 0. The number of halogens is 1. The lowest BCUT2D eigenvalue weighted by Crippen LogP contribution is -2.22. The first-order valence-electron chi connectivity index (χ1n) is 10.6. The summed E-state index contributed by atoms with van der Waals surface area (Å²) in [5.74, 6) is -1.38. The quantitative estimate of drug-likeness (QED) is 0.534. The minimum absolute atomic E-state index is 0.0660. The molecule has 32 heavy (non-hydrogen) atoms. The number of amides is 2. The van der Waals surface area contributed by atoms with E-state index in [1.807, 2.05) is 32.0 Å². The third-order valence-electron chi connectivity index (χ3n) is 5.97. The second kappa shape index (κ2) is 8.78. The second-order valence-corrected chi connectivity index (χ2v) is 7.81. The number of fused-ring (bicyclic) bond motifs is 1. The molecule has 0 bridgehead atoms. The van der Waals surface area contributed by atoms with Crippen molar-refractivity contribution in [3.8, 4) is 11.3 Å². The van der Waals surface area contributed by atoms with E-state index in [4.69, 9.17) is 4.74 Å². The van der Waals surface area contributed by atoms with Crippen LogP contribution in [0.15, 0.2) is 65.2 Å². The van der Waals surface area contributed by atoms with E-state index in [1.165, 1.54) is 6.07 Å². The molecule has 4 rings (SSSR count). The molecule has 2 aromatic carbocycles. The van der Waals surface area contributed by atoms with Crippen molar-refractivity contribution in [2.45, 2.75) is 32.6 Å². The maximum absolute atomic E-state index is 14.2. The van der Waals surface area contributed by atoms with Crippen molar-refractivity contribution in [2.75, 3.05) is 0 Å². The first kappa shape index (κ1) is 21.5. The Hall–Kier alpha value is -3.74. The number of aromatic amines is 1. The fourth-order valence-electron chi connectivity index (χ4n) is 4.19. The normalized spacial score (nSPS) is 15.9. The number of nitrogens with one attached hydrogen (secondary N) is 2. The number of H-pyrrole nitrogens is 1. The number of benzene rings is 2. The zero-order valence-corrected chi connectivity index (χ0v) is 17.8. The molecule has 1 aromatic heterocycles. The number of rotatable bonds is 6. The van der Waals surface area contributed by atoms with Gasteiger partial charge < -0.3 is 9.72 Å². The summed E-state index contributed by atoms with van der Waals surface area (Å²) in [6.45, 7) is 4.01. The molecule has 0 aliphatic carbocycles. The lowest BCUT2D eigenvalue weighted by Gasteiger charge is -2.22. The second-order valence-electron chi connectivity index (χ2n) is 7.81. The van der Waals surface area contributed by atoms with Crippen LogP contribution in [0, 0.1) is 11.7 Å². The van der Waals surface area contributed by atoms with Crippen LogP contribution in [0.1, 0.15) is 38.2 Å². The van der Waals surface area contributed by atoms with E-state index in [0.717, 1.165) is 18.2 Å². The van der Waals surface area contributed by atoms with Gasteiger partial charge in [0, 0.05) is 22.6 Å². The fraction of sp³-hybridized carbons (Fsp3) is 0.240. The number of imide groups is 1. The van der Waals surface area contributed by atoms with Gasteiger partial charge in [0.15, 0.2) is 5.76 Å². The van der Waals surface area contributed by atoms with Crippen LogP contribution in [-0.4, -0.2) is 17.0 Å². The Morgan fingerprint density at radius 3 is 2.47 bits per heavy atom. The van der Waals surface area contributed by atoms with Gasteiger partial charge in [-0.2, -0.15) is 0 Å². The Morgan fingerprint density at radius 2 is 1.81 bits per heavy atom. The topological polar surface area (TPSA) is 88.3 Å². The van der Waals surface area contributed by atoms with Gasteiger partial charge in [-0.15, -0.1) is 0 Å². The Balaban J connectivity index is 1.75. The van der Waals surface area contributed by atoms with Crippen molar-refractivity contribution >= 4 is 22.8 Å². The summed E-state index contributed by atoms with van der Waals surface area (Å²) >= 11 is 0. The molecule has 0 radical (unpaired) electrons. The summed E-state index contributed by atoms with van der Waals surface area (Å²) in [6, 6.07) is 13.7. The number of cyclic esters (lactones) is 1. The zero-order chi connectivity index (χ0) is 22.8. The molecule has 3 aromatic rings. The number of hydrogen-bond donors (Lipinski definition) is 2. The van der Waals surface area contributed by atoms with Crippen molar-refractivity contribution in [2.24, 2.45) is 5.92 Å². The van der Waals surface area contributed by atoms with Crippen LogP contribution < -0.4 is 10.9 Å². The van der Waals surface area contributed by atoms with Crippen LogP contribution in [0.5, 0.6) is 0 Å². The standard InChI is InChI=1S/C25H23FN2O4/c1-3-14(4-2)18(13-22-24(30)28-25(31)32-22)17-10-11-21(27-23(17)29)16-9-8-15-6-5-7-20(26)19(15)12-16/h5-14,18H,3-4H2,1-2H3,(H,27,29)(H,28,30,31). The number of alkyl carbamates (subject to hydrolysis) is 1. The molecular formula is C25H23FN2O4. The third-order valence-corrected chi connectivity index (χ3v) is 5.97. The van der Waals surface area contributed by atoms with Crippen molar-refractivity contribution in [1.82, 2.24) is 10.3 Å². The van der Waals surface area contributed by atoms with E-state index in [1.54, 1.807) is 30.3 Å². The number of pyridine rings is 1. The van der Waals surface area contributed by atoms with Gasteiger partial charge in [-0.1, -0.05) is 57.0 Å². The predicted molar refractivity (Wildman–Crippen MR) is 119 cm³/mol. The van der Waals surface area contributed by atoms with Crippen LogP contribution in [0.4, 0.5) is 9.18 Å². The smallest absolute Gasteiger partial charge is 0.404 e. The lowest BCUT2D eigenvalue weighted by atomic mass is 9.82. The van der Waals surface area contributed by atoms with Crippen LogP contribution in [0.2, 0.25) is 0 Å². The molecule has 0 spiro atoms. The highest BCUT2D eigenvalue weighted by Gasteiger charge is 2.30. The third kappa shape index (κ3) is 4.06. The molecule has 0 saturated carbocycles. The summed E-state index contributed by atoms with van der Waals surface area (Å²) in [5.41, 5.74) is 1.41. The fourth-order valence-corrected chi connectivity index (χ4v) is 4.19. The molecule has 1 fully saturated rings. The summed E-state index contributed by atoms with van der Waals surface area (Å²) in [6.07, 6.45) is 2.27. The lowest BCUT2D eigenvalue weighted by molar-refractivity contribution is -0.116. The van der Waals surface area contributed by atoms with Gasteiger partial charge in [0.25, 0.3) is 11.5 Å². The zero-order valence-electron chi connectivity index (χ0n) is 17.8. The van der Waals surface area contributed by atoms with Gasteiger partial charge in [-0.25, -0.2) is 9.18 Å². The van der Waals surface area contributed by atoms with Crippen LogP contribution >= 0.6 is 0 Å². The minimum Gasteiger partial charge on any atom is -0.404 e. The van der Waals surface area contributed by atoms with Crippen LogP contribution in [0.3, 0.4) is 0 Å². The van der Waals surface area contributed by atoms with Gasteiger partial charge in [0.2, 0.25) is 0 Å². The molecule has 2 N–H and O–H groups in total.